The number of nitrogens with one attached hydrogen (secondary N) is 1. The number of hydrogen-bond acceptors (Lipinski definition) is 8. The zero-order chi connectivity index (χ0) is 25.6. The number of pyridine rings is 1. The Bertz CT molecular complexity index is 742. The molecule has 0 aliphatic carbocycles. The van der Waals surface area contributed by atoms with Gasteiger partial charge in [0.25, 0.3) is 5.91 Å². The van der Waals surface area contributed by atoms with Crippen LogP contribution in [-0.4, -0.2) is 74.2 Å². The number of amides is 1. The lowest BCUT2D eigenvalue weighted by molar-refractivity contribution is -0.227. The molecule has 1 N–H and O–H groups in total. The van der Waals surface area contributed by atoms with E-state index in [1.807, 2.05) is 25.5 Å². The third kappa shape index (κ3) is 9.20. The van der Waals surface area contributed by atoms with Gasteiger partial charge in [0.05, 0.1) is 12.3 Å². The molecule has 0 radical (unpaired) electrons. The van der Waals surface area contributed by atoms with Crippen LogP contribution >= 0.6 is 23.5 Å². The molecular formula is C26H44N2O5S2. The van der Waals surface area contributed by atoms with Crippen LogP contribution < -0.4 is 5.32 Å². The third-order valence-corrected chi connectivity index (χ3v) is 7.32. The Morgan fingerprint density at radius 3 is 2.17 bits per heavy atom. The number of nitrogens with zero attached hydrogens (tertiary/aromatic N) is 1. The SMILES string of the molecule is CCCCO[C@@H]1[C@@H](OCCCC)[C@H](OCCCC)CO[C@@H]1C(=O)Nc1c(SC)cc(C)nc1SC. The molecule has 0 aromatic carbocycles. The van der Waals surface area contributed by atoms with Gasteiger partial charge < -0.3 is 24.3 Å². The molecule has 35 heavy (non-hydrogen) atoms. The van der Waals surface area contributed by atoms with E-state index in [1.165, 1.54) is 11.8 Å². The average molecular weight is 529 g/mol. The lowest BCUT2D eigenvalue weighted by atomic mass is 9.98. The first kappa shape index (κ1) is 30.4. The maximum absolute atomic E-state index is 13.6. The minimum absolute atomic E-state index is 0.237. The van der Waals surface area contributed by atoms with Crippen LogP contribution in [0.15, 0.2) is 16.0 Å². The molecule has 0 saturated carbocycles. The standard InChI is InChI=1S/C26H44N2O5S2/c1-7-10-13-30-19-17-33-24(23(32-15-12-9-3)22(19)31-14-11-8-2)25(29)28-21-20(34-5)16-18(4)27-26(21)35-6/h16,19,22-24H,7-15,17H2,1-6H3,(H,28,29)/t19-,22+,23-,24+/m1/s1. The summed E-state index contributed by atoms with van der Waals surface area (Å²) in [7, 11) is 0. The molecule has 1 aliphatic rings. The van der Waals surface area contributed by atoms with E-state index in [-0.39, 0.29) is 18.1 Å². The number of anilines is 1. The van der Waals surface area contributed by atoms with Crippen molar-refractivity contribution in [2.75, 3.05) is 44.3 Å². The van der Waals surface area contributed by atoms with Crippen molar-refractivity contribution >= 4 is 35.1 Å². The molecule has 0 spiro atoms. The van der Waals surface area contributed by atoms with Gasteiger partial charge in [-0.3, -0.25) is 4.79 Å². The van der Waals surface area contributed by atoms with Crippen molar-refractivity contribution in [2.24, 2.45) is 0 Å². The van der Waals surface area contributed by atoms with Crippen molar-refractivity contribution in [3.8, 4) is 0 Å². The minimum Gasteiger partial charge on any atom is -0.373 e. The molecule has 4 atom stereocenters. The van der Waals surface area contributed by atoms with E-state index in [0.29, 0.717) is 26.4 Å². The first-order valence-electron chi connectivity index (χ1n) is 12.9. The maximum atomic E-state index is 13.6. The van der Waals surface area contributed by atoms with Crippen LogP contribution in [0.2, 0.25) is 0 Å². The van der Waals surface area contributed by atoms with Gasteiger partial charge in [-0.25, -0.2) is 4.98 Å². The van der Waals surface area contributed by atoms with Gasteiger partial charge in [-0.2, -0.15) is 0 Å². The normalized spacial score (nSPS) is 22.3. The number of thioether (sulfide) groups is 2. The summed E-state index contributed by atoms with van der Waals surface area (Å²) in [5.41, 5.74) is 1.64. The Labute approximate surface area is 220 Å². The second-order valence-electron chi connectivity index (χ2n) is 8.73. The number of carbonyl (C=O) groups is 1. The Kier molecular flexibility index (Phi) is 14.6. The van der Waals surface area contributed by atoms with Gasteiger partial charge in [-0.05, 0) is 44.8 Å². The van der Waals surface area contributed by atoms with E-state index < -0.39 is 12.2 Å². The van der Waals surface area contributed by atoms with E-state index in [1.54, 1.807) is 11.8 Å². The van der Waals surface area contributed by atoms with Crippen molar-refractivity contribution in [1.29, 1.82) is 0 Å². The molecule has 1 fully saturated rings. The highest BCUT2D eigenvalue weighted by Crippen LogP contribution is 2.34. The molecule has 1 saturated heterocycles. The molecule has 2 rings (SSSR count). The summed E-state index contributed by atoms with van der Waals surface area (Å²) in [4.78, 5) is 19.2. The molecule has 200 valence electrons. The molecule has 9 heteroatoms. The number of rotatable bonds is 16. The van der Waals surface area contributed by atoms with Crippen LogP contribution in [0.3, 0.4) is 0 Å². The van der Waals surface area contributed by atoms with Gasteiger partial charge in [0, 0.05) is 30.4 Å². The smallest absolute Gasteiger partial charge is 0.256 e. The predicted molar refractivity (Wildman–Crippen MR) is 145 cm³/mol. The number of aromatic nitrogens is 1. The summed E-state index contributed by atoms with van der Waals surface area (Å²) < 4.78 is 24.9. The van der Waals surface area contributed by atoms with Crippen molar-refractivity contribution in [1.82, 2.24) is 4.98 Å². The van der Waals surface area contributed by atoms with Crippen molar-refractivity contribution in [2.45, 2.75) is 101 Å². The third-order valence-electron chi connectivity index (χ3n) is 5.87. The summed E-state index contributed by atoms with van der Waals surface area (Å²) in [6, 6.07) is 1.99. The molecule has 7 nitrogen and oxygen atoms in total. The predicted octanol–water partition coefficient (Wildman–Crippen LogP) is 5.73. The zero-order valence-corrected chi connectivity index (χ0v) is 23.9. The number of aryl methyl sites for hydroxylation is 1. The highest BCUT2D eigenvalue weighted by Gasteiger charge is 2.46. The molecule has 1 aromatic rings. The van der Waals surface area contributed by atoms with Gasteiger partial charge in [0.1, 0.15) is 23.3 Å². The minimum atomic E-state index is -0.796. The second kappa shape index (κ2) is 16.8. The summed E-state index contributed by atoms with van der Waals surface area (Å²) >= 11 is 3.10. The Hall–Kier alpha value is -0.840. The van der Waals surface area contributed by atoms with Gasteiger partial charge in [0.2, 0.25) is 0 Å². The van der Waals surface area contributed by atoms with E-state index >= 15 is 0 Å². The molecular weight excluding hydrogens is 484 g/mol. The first-order chi connectivity index (χ1) is 17.0. The van der Waals surface area contributed by atoms with Crippen LogP contribution in [0.25, 0.3) is 0 Å². The van der Waals surface area contributed by atoms with Crippen LogP contribution in [0, 0.1) is 6.92 Å². The number of carbonyl (C=O) groups excluding carboxylic acids is 1. The van der Waals surface area contributed by atoms with Crippen molar-refractivity contribution in [3.63, 3.8) is 0 Å². The molecule has 1 aromatic heterocycles. The van der Waals surface area contributed by atoms with Crippen molar-refractivity contribution in [3.05, 3.63) is 11.8 Å². The first-order valence-corrected chi connectivity index (χ1v) is 15.3. The monoisotopic (exact) mass is 528 g/mol. The lowest BCUT2D eigenvalue weighted by Gasteiger charge is -2.41. The Balaban J connectivity index is 2.29. The number of unbranched alkanes of at least 4 members (excludes halogenated alkanes) is 3. The highest BCUT2D eigenvalue weighted by molar-refractivity contribution is 7.99. The molecule has 1 aliphatic heterocycles. The largest absolute Gasteiger partial charge is 0.373 e. The van der Waals surface area contributed by atoms with Crippen LogP contribution in [0.5, 0.6) is 0 Å². The Morgan fingerprint density at radius 2 is 1.60 bits per heavy atom. The second-order valence-corrected chi connectivity index (χ2v) is 10.4. The molecule has 0 unspecified atom stereocenters. The van der Waals surface area contributed by atoms with E-state index in [4.69, 9.17) is 18.9 Å². The summed E-state index contributed by atoms with van der Waals surface area (Å²) in [5, 5.41) is 3.90. The van der Waals surface area contributed by atoms with Crippen LogP contribution in [0.4, 0.5) is 5.69 Å². The maximum Gasteiger partial charge on any atom is 0.256 e. The summed E-state index contributed by atoms with van der Waals surface area (Å²) in [6.07, 6.45) is 7.90. The molecule has 2 heterocycles. The summed E-state index contributed by atoms with van der Waals surface area (Å²) in [6.45, 7) is 10.4. The van der Waals surface area contributed by atoms with Gasteiger partial charge >= 0.3 is 0 Å². The van der Waals surface area contributed by atoms with Gasteiger partial charge in [0.15, 0.2) is 6.10 Å². The average Bonchev–Trinajstić information content (AvgIpc) is 2.86. The lowest BCUT2D eigenvalue weighted by Crippen LogP contribution is -2.59. The molecule has 1 amide bonds. The van der Waals surface area contributed by atoms with Crippen LogP contribution in [0.1, 0.15) is 65.0 Å². The fraction of sp³-hybridized carbons (Fsp3) is 0.769. The highest BCUT2D eigenvalue weighted by atomic mass is 32.2. The van der Waals surface area contributed by atoms with E-state index in [2.05, 4.69) is 31.1 Å². The number of ether oxygens (including phenoxy) is 4. The fourth-order valence-corrected chi connectivity index (χ4v) is 5.17. The topological polar surface area (TPSA) is 78.9 Å². The van der Waals surface area contributed by atoms with Crippen molar-refractivity contribution < 1.29 is 23.7 Å². The summed E-state index contributed by atoms with van der Waals surface area (Å²) in [5.74, 6) is -0.237. The molecule has 0 bridgehead atoms. The Morgan fingerprint density at radius 1 is 1.00 bits per heavy atom. The fourth-order valence-electron chi connectivity index (χ4n) is 3.86. The van der Waals surface area contributed by atoms with Gasteiger partial charge in [-0.1, -0.05) is 40.0 Å². The van der Waals surface area contributed by atoms with E-state index in [0.717, 1.165) is 59.8 Å². The quantitative estimate of drug-likeness (QED) is 0.215. The van der Waals surface area contributed by atoms with Crippen LogP contribution in [-0.2, 0) is 23.7 Å². The zero-order valence-electron chi connectivity index (χ0n) is 22.3. The van der Waals surface area contributed by atoms with E-state index in [9.17, 15) is 4.79 Å². The number of hydrogen-bond donors (Lipinski definition) is 1. The van der Waals surface area contributed by atoms with Gasteiger partial charge in [-0.15, -0.1) is 23.5 Å².